The molecule has 4 aromatic carbocycles. The maximum absolute atomic E-state index is 13.2. The first-order chi connectivity index (χ1) is 16.9. The van der Waals surface area contributed by atoms with Gasteiger partial charge in [0.25, 0.3) is 0 Å². The Morgan fingerprint density at radius 3 is 2.03 bits per heavy atom. The van der Waals surface area contributed by atoms with Crippen molar-refractivity contribution in [3.8, 4) is 22.6 Å². The third-order valence-electron chi connectivity index (χ3n) is 5.18. The van der Waals surface area contributed by atoms with Gasteiger partial charge in [-0.2, -0.15) is 0 Å². The third kappa shape index (κ3) is 5.76. The molecule has 0 unspecified atom stereocenters. The van der Waals surface area contributed by atoms with Gasteiger partial charge in [-0.15, -0.1) is 0 Å². The zero-order chi connectivity index (χ0) is 24.8. The maximum atomic E-state index is 13.2. The summed E-state index contributed by atoms with van der Waals surface area (Å²) < 4.78 is 11.7. The fourth-order valence-corrected chi connectivity index (χ4v) is 3.69. The molecule has 176 valence electrons. The summed E-state index contributed by atoms with van der Waals surface area (Å²) in [4.78, 5) is 27.2. The summed E-state index contributed by atoms with van der Waals surface area (Å²) in [5.74, 6) is 0.608. The Labute approximate surface area is 205 Å². The second kappa shape index (κ2) is 10.3. The van der Waals surface area contributed by atoms with E-state index in [1.165, 1.54) is 4.90 Å². The molecular weight excluding hydrogens is 438 g/mol. The van der Waals surface area contributed by atoms with E-state index in [0.29, 0.717) is 29.3 Å². The quantitative estimate of drug-likeness (QED) is 0.211. The van der Waals surface area contributed by atoms with E-state index in [9.17, 15) is 9.59 Å². The van der Waals surface area contributed by atoms with E-state index in [2.05, 4.69) is 0 Å². The van der Waals surface area contributed by atoms with Crippen LogP contribution in [0.15, 0.2) is 103 Å². The fraction of sp³-hybridized carbons (Fsp3) is 0.133. The Hall–Kier alpha value is -4.38. The lowest BCUT2D eigenvalue weighted by molar-refractivity contribution is -0.106. The molecule has 0 aliphatic carbocycles. The second-order valence-electron chi connectivity index (χ2n) is 8.95. The van der Waals surface area contributed by atoms with Gasteiger partial charge in [-0.3, -0.25) is 9.69 Å². The third-order valence-corrected chi connectivity index (χ3v) is 5.18. The number of anilines is 2. The topological polar surface area (TPSA) is 55.8 Å². The number of rotatable bonds is 7. The average Bonchev–Trinajstić information content (AvgIpc) is 2.85. The van der Waals surface area contributed by atoms with Crippen molar-refractivity contribution in [3.63, 3.8) is 0 Å². The number of hydrogen-bond acceptors (Lipinski definition) is 4. The molecule has 0 bridgehead atoms. The molecule has 5 nitrogen and oxygen atoms in total. The Kier molecular flexibility index (Phi) is 6.97. The van der Waals surface area contributed by atoms with Crippen LogP contribution in [0.5, 0.6) is 11.5 Å². The number of hydrogen-bond donors (Lipinski definition) is 0. The highest BCUT2D eigenvalue weighted by Crippen LogP contribution is 2.38. The normalized spacial score (nSPS) is 10.9. The number of amides is 1. The fourth-order valence-electron chi connectivity index (χ4n) is 3.69. The van der Waals surface area contributed by atoms with Crippen molar-refractivity contribution in [1.82, 2.24) is 0 Å². The molecule has 35 heavy (non-hydrogen) atoms. The summed E-state index contributed by atoms with van der Waals surface area (Å²) in [6.45, 7) is 5.42. The SMILES string of the molecule is CC(C)(C)OC(=O)c1ccc(Oc2ccccc2)cc1N(C=O)c1ccccc1-c1ccccc1. The van der Waals surface area contributed by atoms with E-state index in [4.69, 9.17) is 9.47 Å². The lowest BCUT2D eigenvalue weighted by Gasteiger charge is -2.25. The molecule has 0 fully saturated rings. The van der Waals surface area contributed by atoms with Gasteiger partial charge in [-0.1, -0.05) is 66.7 Å². The molecule has 0 N–H and O–H groups in total. The number of para-hydroxylation sites is 2. The molecule has 0 aliphatic heterocycles. The highest BCUT2D eigenvalue weighted by atomic mass is 16.6. The second-order valence-corrected chi connectivity index (χ2v) is 8.95. The Bertz CT molecular complexity index is 1310. The predicted octanol–water partition coefficient (Wildman–Crippen LogP) is 7.40. The zero-order valence-corrected chi connectivity index (χ0v) is 20.0. The van der Waals surface area contributed by atoms with Crippen molar-refractivity contribution in [1.29, 1.82) is 0 Å². The minimum atomic E-state index is -0.693. The van der Waals surface area contributed by atoms with Crippen molar-refractivity contribution < 1.29 is 19.1 Å². The molecule has 0 spiro atoms. The summed E-state index contributed by atoms with van der Waals surface area (Å²) in [6.07, 6.45) is 0.706. The van der Waals surface area contributed by atoms with Crippen molar-refractivity contribution >= 4 is 23.8 Å². The molecule has 0 aromatic heterocycles. The molecule has 1 amide bonds. The van der Waals surface area contributed by atoms with Crippen LogP contribution in [0.1, 0.15) is 31.1 Å². The van der Waals surface area contributed by atoms with Crippen LogP contribution in [-0.4, -0.2) is 18.0 Å². The summed E-state index contributed by atoms with van der Waals surface area (Å²) >= 11 is 0. The van der Waals surface area contributed by atoms with E-state index in [1.807, 2.05) is 84.9 Å². The van der Waals surface area contributed by atoms with Gasteiger partial charge in [-0.05, 0) is 56.7 Å². The molecule has 4 aromatic rings. The van der Waals surface area contributed by atoms with Crippen LogP contribution < -0.4 is 9.64 Å². The van der Waals surface area contributed by atoms with Crippen LogP contribution in [-0.2, 0) is 9.53 Å². The van der Waals surface area contributed by atoms with Gasteiger partial charge >= 0.3 is 5.97 Å². The number of carbonyl (C=O) groups is 2. The first-order valence-corrected chi connectivity index (χ1v) is 11.3. The largest absolute Gasteiger partial charge is 0.457 e. The van der Waals surface area contributed by atoms with Crippen molar-refractivity contribution in [2.75, 3.05) is 4.90 Å². The van der Waals surface area contributed by atoms with Gasteiger partial charge in [0.2, 0.25) is 6.41 Å². The van der Waals surface area contributed by atoms with Gasteiger partial charge in [-0.25, -0.2) is 4.79 Å². The molecule has 0 heterocycles. The van der Waals surface area contributed by atoms with Gasteiger partial charge < -0.3 is 9.47 Å². The Morgan fingerprint density at radius 2 is 1.37 bits per heavy atom. The highest BCUT2D eigenvalue weighted by Gasteiger charge is 2.25. The summed E-state index contributed by atoms with van der Waals surface area (Å²) in [5.41, 5.74) is 2.37. The number of carbonyl (C=O) groups excluding carboxylic acids is 2. The molecule has 5 heteroatoms. The average molecular weight is 466 g/mol. The predicted molar refractivity (Wildman–Crippen MR) is 138 cm³/mol. The van der Waals surface area contributed by atoms with Crippen LogP contribution in [0, 0.1) is 0 Å². The molecule has 0 saturated heterocycles. The van der Waals surface area contributed by atoms with Crippen molar-refractivity contribution in [2.24, 2.45) is 0 Å². The minimum Gasteiger partial charge on any atom is -0.457 e. The van der Waals surface area contributed by atoms with E-state index >= 15 is 0 Å². The summed E-state index contributed by atoms with van der Waals surface area (Å²) in [5, 5.41) is 0. The van der Waals surface area contributed by atoms with Crippen LogP contribution in [0.4, 0.5) is 11.4 Å². The van der Waals surface area contributed by atoms with E-state index in [1.54, 1.807) is 39.0 Å². The van der Waals surface area contributed by atoms with Crippen molar-refractivity contribution in [2.45, 2.75) is 26.4 Å². The standard InChI is InChI=1S/C30H27NO4/c1-30(2,3)35-29(33)26-19-18-24(34-23-14-8-5-9-15-23)20-28(26)31(21-32)27-17-11-10-16-25(27)22-12-6-4-7-13-22/h4-21H,1-3H3. The maximum Gasteiger partial charge on any atom is 0.340 e. The number of benzene rings is 4. The molecule has 0 atom stereocenters. The number of esters is 1. The highest BCUT2D eigenvalue weighted by molar-refractivity contribution is 6.03. The van der Waals surface area contributed by atoms with E-state index in [0.717, 1.165) is 11.1 Å². The van der Waals surface area contributed by atoms with Crippen LogP contribution in [0.25, 0.3) is 11.1 Å². The van der Waals surface area contributed by atoms with Gasteiger partial charge in [0.05, 0.1) is 16.9 Å². The minimum absolute atomic E-state index is 0.260. The van der Waals surface area contributed by atoms with Crippen LogP contribution in [0.3, 0.4) is 0 Å². The van der Waals surface area contributed by atoms with Crippen molar-refractivity contribution in [3.05, 3.63) is 109 Å². The van der Waals surface area contributed by atoms with Gasteiger partial charge in [0.1, 0.15) is 17.1 Å². The lowest BCUT2D eigenvalue weighted by atomic mass is 10.0. The van der Waals surface area contributed by atoms with Crippen LogP contribution in [0.2, 0.25) is 0 Å². The summed E-state index contributed by atoms with van der Waals surface area (Å²) in [7, 11) is 0. The first kappa shape index (κ1) is 23.8. The molecular formula is C30H27NO4. The summed E-state index contributed by atoms with van der Waals surface area (Å²) in [6, 6.07) is 31.7. The lowest BCUT2D eigenvalue weighted by Crippen LogP contribution is -2.26. The first-order valence-electron chi connectivity index (χ1n) is 11.3. The zero-order valence-electron chi connectivity index (χ0n) is 20.0. The molecule has 0 saturated carbocycles. The molecule has 4 rings (SSSR count). The molecule has 0 radical (unpaired) electrons. The van der Waals surface area contributed by atoms with Crippen LogP contribution >= 0.6 is 0 Å². The molecule has 0 aliphatic rings. The monoisotopic (exact) mass is 465 g/mol. The Morgan fingerprint density at radius 1 is 0.743 bits per heavy atom. The number of nitrogens with zero attached hydrogens (tertiary/aromatic N) is 1. The smallest absolute Gasteiger partial charge is 0.340 e. The Balaban J connectivity index is 1.84. The van der Waals surface area contributed by atoms with Gasteiger partial charge in [0.15, 0.2) is 0 Å². The van der Waals surface area contributed by atoms with E-state index < -0.39 is 11.6 Å². The van der Waals surface area contributed by atoms with E-state index in [-0.39, 0.29) is 5.56 Å². The van der Waals surface area contributed by atoms with Gasteiger partial charge in [0, 0.05) is 11.6 Å². The number of ether oxygens (including phenoxy) is 2.